The number of rotatable bonds is 3. The van der Waals surface area contributed by atoms with Gasteiger partial charge in [-0.3, -0.25) is 4.98 Å². The van der Waals surface area contributed by atoms with E-state index < -0.39 is 6.04 Å². The maximum Gasteiger partial charge on any atom is 0.146 e. The average Bonchev–Trinajstić information content (AvgIpc) is 2.28. The van der Waals surface area contributed by atoms with Crippen LogP contribution in [0.5, 0.6) is 11.5 Å². The van der Waals surface area contributed by atoms with Crippen molar-refractivity contribution in [2.75, 3.05) is 0 Å². The molecule has 0 bridgehead atoms. The molecule has 0 radical (unpaired) electrons. The van der Waals surface area contributed by atoms with Gasteiger partial charge in [0.05, 0.1) is 6.20 Å². The van der Waals surface area contributed by atoms with Gasteiger partial charge in [0.25, 0.3) is 0 Å². The highest BCUT2D eigenvalue weighted by atomic mass is 79.9. The summed E-state index contributed by atoms with van der Waals surface area (Å²) in [5.74, 6) is 0.562. The summed E-state index contributed by atoms with van der Waals surface area (Å²) in [6, 6.07) is 5.94. The molecule has 94 valence electrons. The third kappa shape index (κ3) is 2.86. The Bertz CT molecular complexity index is 560. The van der Waals surface area contributed by atoms with Gasteiger partial charge in [0.1, 0.15) is 17.3 Å². The van der Waals surface area contributed by atoms with E-state index in [0.717, 1.165) is 4.47 Å². The molecule has 18 heavy (non-hydrogen) atoms. The molecule has 1 heterocycles. The minimum atomic E-state index is -0.443. The minimum Gasteiger partial charge on any atom is -0.455 e. The first kappa shape index (κ1) is 13.0. The van der Waals surface area contributed by atoms with E-state index in [1.165, 1.54) is 6.07 Å². The summed E-state index contributed by atoms with van der Waals surface area (Å²) in [6.07, 6.45) is 3.20. The van der Waals surface area contributed by atoms with Crippen LogP contribution in [0.3, 0.4) is 0 Å². The molecule has 3 nitrogen and oxygen atoms in total. The van der Waals surface area contributed by atoms with E-state index in [0.29, 0.717) is 17.1 Å². The van der Waals surface area contributed by atoms with Gasteiger partial charge in [-0.1, -0.05) is 6.07 Å². The van der Waals surface area contributed by atoms with Crippen LogP contribution >= 0.6 is 15.9 Å². The molecule has 5 heteroatoms. The van der Waals surface area contributed by atoms with Crippen molar-refractivity contribution in [1.29, 1.82) is 0 Å². The number of ether oxygens (including phenoxy) is 1. The molecule has 0 amide bonds. The summed E-state index contributed by atoms with van der Waals surface area (Å²) in [5, 5.41) is 0. The quantitative estimate of drug-likeness (QED) is 0.938. The number of halogens is 2. The van der Waals surface area contributed by atoms with Gasteiger partial charge in [0, 0.05) is 22.3 Å². The lowest BCUT2D eigenvalue weighted by atomic mass is 10.1. The van der Waals surface area contributed by atoms with E-state index in [1.807, 2.05) is 0 Å². The SMILES string of the molecule is CC(N)c1c(F)cccc1Oc1cncc(Br)c1. The highest BCUT2D eigenvalue weighted by molar-refractivity contribution is 9.10. The molecule has 1 aromatic carbocycles. The van der Waals surface area contributed by atoms with Crippen LogP contribution in [0.15, 0.2) is 41.1 Å². The van der Waals surface area contributed by atoms with Crippen LogP contribution in [0.2, 0.25) is 0 Å². The van der Waals surface area contributed by atoms with Crippen molar-refractivity contribution < 1.29 is 9.13 Å². The molecule has 0 fully saturated rings. The molecular weight excluding hydrogens is 299 g/mol. The first-order valence-electron chi connectivity index (χ1n) is 5.40. The molecule has 0 spiro atoms. The molecule has 0 aliphatic carbocycles. The van der Waals surface area contributed by atoms with Crippen LogP contribution in [0, 0.1) is 5.82 Å². The third-order valence-corrected chi connectivity index (χ3v) is 2.81. The standard InChI is InChI=1S/C13H12BrFN2O/c1-8(16)13-11(15)3-2-4-12(13)18-10-5-9(14)6-17-7-10/h2-8H,16H2,1H3. The Hall–Kier alpha value is -1.46. The maximum atomic E-state index is 13.7. The fraction of sp³-hybridized carbons (Fsp3) is 0.154. The van der Waals surface area contributed by atoms with E-state index in [2.05, 4.69) is 20.9 Å². The second-order valence-corrected chi connectivity index (χ2v) is 4.80. The predicted octanol–water partition coefficient (Wildman–Crippen LogP) is 3.80. The van der Waals surface area contributed by atoms with Gasteiger partial charge >= 0.3 is 0 Å². The predicted molar refractivity (Wildman–Crippen MR) is 71.0 cm³/mol. The summed E-state index contributed by atoms with van der Waals surface area (Å²) in [7, 11) is 0. The first-order chi connectivity index (χ1) is 8.58. The molecule has 1 atom stereocenters. The lowest BCUT2D eigenvalue weighted by Crippen LogP contribution is -2.09. The molecule has 2 rings (SSSR count). The summed E-state index contributed by atoms with van der Waals surface area (Å²) >= 11 is 3.30. The van der Waals surface area contributed by atoms with E-state index in [-0.39, 0.29) is 5.82 Å². The number of hydrogen-bond acceptors (Lipinski definition) is 3. The van der Waals surface area contributed by atoms with E-state index in [4.69, 9.17) is 10.5 Å². The summed E-state index contributed by atoms with van der Waals surface area (Å²) in [5.41, 5.74) is 6.11. The molecule has 0 saturated carbocycles. The highest BCUT2D eigenvalue weighted by Crippen LogP contribution is 2.31. The average molecular weight is 311 g/mol. The number of aromatic nitrogens is 1. The van der Waals surface area contributed by atoms with Gasteiger partial charge < -0.3 is 10.5 Å². The van der Waals surface area contributed by atoms with Gasteiger partial charge in [-0.2, -0.15) is 0 Å². The second kappa shape index (κ2) is 5.46. The zero-order valence-corrected chi connectivity index (χ0v) is 11.3. The molecule has 2 aromatic rings. The molecule has 2 N–H and O–H groups in total. The Morgan fingerprint density at radius 2 is 2.17 bits per heavy atom. The molecule has 0 saturated heterocycles. The van der Waals surface area contributed by atoms with E-state index in [1.54, 1.807) is 37.5 Å². The topological polar surface area (TPSA) is 48.1 Å². The molecule has 0 aliphatic heterocycles. The lowest BCUT2D eigenvalue weighted by molar-refractivity contribution is 0.458. The molecule has 1 unspecified atom stereocenters. The summed E-state index contributed by atoms with van der Waals surface area (Å²) in [4.78, 5) is 3.98. The van der Waals surface area contributed by atoms with Crippen LogP contribution in [0.4, 0.5) is 4.39 Å². The number of nitrogens with two attached hydrogens (primary N) is 1. The van der Waals surface area contributed by atoms with Gasteiger partial charge in [-0.25, -0.2) is 4.39 Å². The van der Waals surface area contributed by atoms with Crippen LogP contribution in [-0.2, 0) is 0 Å². The van der Waals surface area contributed by atoms with E-state index >= 15 is 0 Å². The number of nitrogens with zero attached hydrogens (tertiary/aromatic N) is 1. The summed E-state index contributed by atoms with van der Waals surface area (Å²) in [6.45, 7) is 1.71. The smallest absolute Gasteiger partial charge is 0.146 e. The lowest BCUT2D eigenvalue weighted by Gasteiger charge is -2.14. The molecule has 1 aromatic heterocycles. The van der Waals surface area contributed by atoms with Crippen LogP contribution in [-0.4, -0.2) is 4.98 Å². The van der Waals surface area contributed by atoms with Crippen LogP contribution in [0.1, 0.15) is 18.5 Å². The zero-order chi connectivity index (χ0) is 13.1. The second-order valence-electron chi connectivity index (χ2n) is 3.88. The first-order valence-corrected chi connectivity index (χ1v) is 6.19. The van der Waals surface area contributed by atoms with Crippen LogP contribution in [0.25, 0.3) is 0 Å². The monoisotopic (exact) mass is 310 g/mol. The van der Waals surface area contributed by atoms with Gasteiger partial charge in [0.2, 0.25) is 0 Å². The van der Waals surface area contributed by atoms with Crippen molar-refractivity contribution in [2.24, 2.45) is 5.73 Å². The fourth-order valence-corrected chi connectivity index (χ4v) is 1.97. The van der Waals surface area contributed by atoms with Crippen molar-refractivity contribution in [3.8, 4) is 11.5 Å². The molecule has 0 aliphatic rings. The van der Waals surface area contributed by atoms with Crippen LogP contribution < -0.4 is 10.5 Å². The van der Waals surface area contributed by atoms with Gasteiger partial charge in [0.15, 0.2) is 0 Å². The van der Waals surface area contributed by atoms with Crippen molar-refractivity contribution in [2.45, 2.75) is 13.0 Å². The Kier molecular flexibility index (Phi) is 3.93. The van der Waals surface area contributed by atoms with Crippen molar-refractivity contribution in [1.82, 2.24) is 4.98 Å². The third-order valence-electron chi connectivity index (χ3n) is 2.38. The van der Waals surface area contributed by atoms with Crippen molar-refractivity contribution in [3.05, 3.63) is 52.5 Å². The Balaban J connectivity index is 2.37. The van der Waals surface area contributed by atoms with E-state index in [9.17, 15) is 4.39 Å². The van der Waals surface area contributed by atoms with Gasteiger partial charge in [-0.15, -0.1) is 0 Å². The highest BCUT2D eigenvalue weighted by Gasteiger charge is 2.14. The Morgan fingerprint density at radius 1 is 1.39 bits per heavy atom. The molecular formula is C13H12BrFN2O. The fourth-order valence-electron chi connectivity index (χ4n) is 1.62. The van der Waals surface area contributed by atoms with Crippen molar-refractivity contribution in [3.63, 3.8) is 0 Å². The normalized spacial score (nSPS) is 12.2. The minimum absolute atomic E-state index is 0.359. The maximum absolute atomic E-state index is 13.7. The number of hydrogen-bond donors (Lipinski definition) is 1. The Labute approximate surface area is 113 Å². The number of pyridine rings is 1. The summed E-state index contributed by atoms with van der Waals surface area (Å²) < 4.78 is 20.1. The zero-order valence-electron chi connectivity index (χ0n) is 9.73. The largest absolute Gasteiger partial charge is 0.455 e. The van der Waals surface area contributed by atoms with Gasteiger partial charge in [-0.05, 0) is 41.1 Å². The van der Waals surface area contributed by atoms with Crippen molar-refractivity contribution >= 4 is 15.9 Å². The Morgan fingerprint density at radius 3 is 2.83 bits per heavy atom. The number of benzene rings is 1.